The molecular weight excluding hydrogens is 365 g/mol. The normalized spacial score (nSPS) is 22.6. The molecule has 2 atom stereocenters. The van der Waals surface area contributed by atoms with Gasteiger partial charge in [-0.25, -0.2) is 0 Å². The van der Waals surface area contributed by atoms with E-state index in [1.165, 1.54) is 6.42 Å². The third kappa shape index (κ3) is 5.29. The summed E-state index contributed by atoms with van der Waals surface area (Å²) in [5.41, 5.74) is 0. The van der Waals surface area contributed by atoms with Crippen LogP contribution in [0.3, 0.4) is 0 Å². The second-order valence-corrected chi connectivity index (χ2v) is 6.44. The summed E-state index contributed by atoms with van der Waals surface area (Å²) in [5, 5.41) is 7.32. The standard InChI is InChI=1S/C16H27N5O2.2ClH/c1-3-14-18-15(23-19-14)12(2)20-8-10-21(11-9-20)16(22)13-6-4-5-7-17-13;;/h12-13,17H,3-11H2,1-2H3;2*1H/t12?,13-;;/m1../s1. The monoisotopic (exact) mass is 393 g/mol. The van der Waals surface area contributed by atoms with Crippen LogP contribution in [0.25, 0.3) is 0 Å². The number of piperazine rings is 1. The summed E-state index contributed by atoms with van der Waals surface area (Å²) in [4.78, 5) is 21.3. The van der Waals surface area contributed by atoms with Gasteiger partial charge in [-0.3, -0.25) is 9.69 Å². The van der Waals surface area contributed by atoms with Crippen LogP contribution in [0, 0.1) is 0 Å². The summed E-state index contributed by atoms with van der Waals surface area (Å²) in [6.07, 6.45) is 4.08. The Labute approximate surface area is 161 Å². The zero-order valence-corrected chi connectivity index (χ0v) is 16.6. The van der Waals surface area contributed by atoms with Gasteiger partial charge in [0.25, 0.3) is 0 Å². The van der Waals surface area contributed by atoms with Crippen LogP contribution in [0.15, 0.2) is 4.52 Å². The molecule has 2 saturated heterocycles. The van der Waals surface area contributed by atoms with Gasteiger partial charge in [-0.2, -0.15) is 4.98 Å². The van der Waals surface area contributed by atoms with Crippen LogP contribution in [0.2, 0.25) is 0 Å². The maximum absolute atomic E-state index is 12.5. The molecule has 2 aliphatic rings. The van der Waals surface area contributed by atoms with Crippen molar-refractivity contribution >= 4 is 30.7 Å². The molecule has 0 bridgehead atoms. The van der Waals surface area contributed by atoms with E-state index in [9.17, 15) is 4.79 Å². The average Bonchev–Trinajstić information content (AvgIpc) is 3.10. The zero-order chi connectivity index (χ0) is 16.2. The summed E-state index contributed by atoms with van der Waals surface area (Å²) in [7, 11) is 0. The predicted molar refractivity (Wildman–Crippen MR) is 100 cm³/mol. The lowest BCUT2D eigenvalue weighted by molar-refractivity contribution is -0.136. The van der Waals surface area contributed by atoms with Gasteiger partial charge in [0.2, 0.25) is 11.8 Å². The van der Waals surface area contributed by atoms with Gasteiger partial charge in [0.1, 0.15) is 0 Å². The van der Waals surface area contributed by atoms with Crippen molar-refractivity contribution in [1.29, 1.82) is 0 Å². The molecule has 9 heteroatoms. The van der Waals surface area contributed by atoms with Crippen molar-refractivity contribution in [3.63, 3.8) is 0 Å². The van der Waals surface area contributed by atoms with Gasteiger partial charge >= 0.3 is 0 Å². The van der Waals surface area contributed by atoms with Crippen LogP contribution in [0.1, 0.15) is 50.9 Å². The Morgan fingerprint density at radius 3 is 2.56 bits per heavy atom. The number of piperidine rings is 1. The molecule has 1 aromatic rings. The number of amides is 1. The van der Waals surface area contributed by atoms with Gasteiger partial charge in [0.15, 0.2) is 5.82 Å². The van der Waals surface area contributed by atoms with E-state index in [4.69, 9.17) is 4.52 Å². The van der Waals surface area contributed by atoms with Gasteiger partial charge in [0, 0.05) is 32.6 Å². The topological polar surface area (TPSA) is 74.5 Å². The Morgan fingerprint density at radius 1 is 1.28 bits per heavy atom. The number of carbonyl (C=O) groups is 1. The van der Waals surface area contributed by atoms with E-state index in [2.05, 4.69) is 27.3 Å². The molecular formula is C16H29Cl2N5O2. The number of nitrogens with zero attached hydrogens (tertiary/aromatic N) is 4. The van der Waals surface area contributed by atoms with E-state index in [1.807, 2.05) is 11.8 Å². The number of rotatable bonds is 4. The summed E-state index contributed by atoms with van der Waals surface area (Å²) in [5.74, 6) is 1.70. The fraction of sp³-hybridized carbons (Fsp3) is 0.812. The Kier molecular flexibility index (Phi) is 9.13. The highest BCUT2D eigenvalue weighted by Gasteiger charge is 2.31. The van der Waals surface area contributed by atoms with Crippen LogP contribution in [0.5, 0.6) is 0 Å². The first-order valence-electron chi connectivity index (χ1n) is 8.77. The molecule has 0 radical (unpaired) electrons. The Morgan fingerprint density at radius 2 is 2.00 bits per heavy atom. The maximum atomic E-state index is 12.5. The smallest absolute Gasteiger partial charge is 0.243 e. The summed E-state index contributed by atoms with van der Waals surface area (Å²) in [6.45, 7) is 8.32. The molecule has 25 heavy (non-hydrogen) atoms. The van der Waals surface area contributed by atoms with Crippen molar-refractivity contribution in [2.45, 2.75) is 51.6 Å². The van der Waals surface area contributed by atoms with Crippen molar-refractivity contribution in [2.75, 3.05) is 32.7 Å². The molecule has 0 spiro atoms. The van der Waals surface area contributed by atoms with Gasteiger partial charge in [-0.15, -0.1) is 24.8 Å². The van der Waals surface area contributed by atoms with Crippen molar-refractivity contribution in [2.24, 2.45) is 0 Å². The van der Waals surface area contributed by atoms with Gasteiger partial charge in [0.05, 0.1) is 12.1 Å². The molecule has 3 heterocycles. The minimum atomic E-state index is 0. The molecule has 0 saturated carbocycles. The molecule has 0 aliphatic carbocycles. The molecule has 0 aromatic carbocycles. The lowest BCUT2D eigenvalue weighted by Gasteiger charge is -2.38. The Hall–Kier alpha value is -0.890. The maximum Gasteiger partial charge on any atom is 0.243 e. The highest BCUT2D eigenvalue weighted by Crippen LogP contribution is 2.21. The second-order valence-electron chi connectivity index (χ2n) is 6.44. The molecule has 1 N–H and O–H groups in total. The van der Waals surface area contributed by atoms with E-state index >= 15 is 0 Å². The quantitative estimate of drug-likeness (QED) is 0.840. The number of hydrogen-bond donors (Lipinski definition) is 1. The number of carbonyl (C=O) groups excluding carboxylic acids is 1. The molecule has 1 unspecified atom stereocenters. The van der Waals surface area contributed by atoms with E-state index in [-0.39, 0.29) is 42.8 Å². The van der Waals surface area contributed by atoms with Crippen molar-refractivity contribution < 1.29 is 9.32 Å². The zero-order valence-electron chi connectivity index (χ0n) is 14.9. The molecule has 144 valence electrons. The first-order valence-corrected chi connectivity index (χ1v) is 8.77. The van der Waals surface area contributed by atoms with Crippen molar-refractivity contribution in [3.05, 3.63) is 11.7 Å². The first-order chi connectivity index (χ1) is 11.2. The summed E-state index contributed by atoms with van der Waals surface area (Å²) in [6, 6.07) is 0.128. The summed E-state index contributed by atoms with van der Waals surface area (Å²) < 4.78 is 5.35. The number of aryl methyl sites for hydroxylation is 1. The SMILES string of the molecule is CCc1noc(C(C)N2CCN(C(=O)[C@H]3CCCCN3)CC2)n1.Cl.Cl. The molecule has 2 aliphatic heterocycles. The fourth-order valence-corrected chi connectivity index (χ4v) is 3.35. The van der Waals surface area contributed by atoms with Gasteiger partial charge in [-0.05, 0) is 26.3 Å². The Balaban J connectivity index is 0.00000156. The number of aromatic nitrogens is 2. The average molecular weight is 394 g/mol. The molecule has 1 aromatic heterocycles. The van der Waals surface area contributed by atoms with E-state index in [0.717, 1.165) is 57.8 Å². The third-order valence-electron chi connectivity index (χ3n) is 4.94. The predicted octanol–water partition coefficient (Wildman–Crippen LogP) is 1.82. The highest BCUT2D eigenvalue weighted by molar-refractivity contribution is 5.85. The lowest BCUT2D eigenvalue weighted by atomic mass is 10.0. The lowest BCUT2D eigenvalue weighted by Crippen LogP contribution is -2.55. The number of hydrogen-bond acceptors (Lipinski definition) is 6. The highest BCUT2D eigenvalue weighted by atomic mass is 35.5. The molecule has 1 amide bonds. The second kappa shape index (κ2) is 10.3. The molecule has 7 nitrogen and oxygen atoms in total. The van der Waals surface area contributed by atoms with Crippen LogP contribution in [-0.2, 0) is 11.2 Å². The van der Waals surface area contributed by atoms with Gasteiger partial charge < -0.3 is 14.7 Å². The largest absolute Gasteiger partial charge is 0.339 e. The van der Waals surface area contributed by atoms with E-state index in [0.29, 0.717) is 5.89 Å². The number of halogens is 2. The molecule has 2 fully saturated rings. The number of nitrogens with one attached hydrogen (secondary N) is 1. The summed E-state index contributed by atoms with van der Waals surface area (Å²) >= 11 is 0. The van der Waals surface area contributed by atoms with Crippen LogP contribution >= 0.6 is 24.8 Å². The fourth-order valence-electron chi connectivity index (χ4n) is 3.35. The third-order valence-corrected chi connectivity index (χ3v) is 4.94. The first kappa shape index (κ1) is 22.2. The van der Waals surface area contributed by atoms with E-state index < -0.39 is 0 Å². The molecule has 3 rings (SSSR count). The minimum absolute atomic E-state index is 0. The minimum Gasteiger partial charge on any atom is -0.339 e. The van der Waals surface area contributed by atoms with Crippen LogP contribution in [-0.4, -0.2) is 64.6 Å². The van der Waals surface area contributed by atoms with Crippen LogP contribution < -0.4 is 5.32 Å². The van der Waals surface area contributed by atoms with Crippen LogP contribution in [0.4, 0.5) is 0 Å². The van der Waals surface area contributed by atoms with Crippen molar-refractivity contribution in [1.82, 2.24) is 25.3 Å². The Bertz CT molecular complexity index is 528. The van der Waals surface area contributed by atoms with E-state index in [1.54, 1.807) is 0 Å². The van der Waals surface area contributed by atoms with Crippen molar-refractivity contribution in [3.8, 4) is 0 Å². The van der Waals surface area contributed by atoms with Gasteiger partial charge in [-0.1, -0.05) is 18.5 Å².